The molecule has 19 nitrogen and oxygen atoms in total. The van der Waals surface area contributed by atoms with Crippen LogP contribution in [0.4, 0.5) is 37.2 Å². The molecule has 2 aliphatic carbocycles. The Bertz CT molecular complexity index is 3630. The Morgan fingerprint density at radius 2 is 1.72 bits per heavy atom. The molecule has 0 unspecified atom stereocenters. The molecule has 2 saturated carbocycles. The van der Waals surface area contributed by atoms with Gasteiger partial charge in [0.05, 0.1) is 58.1 Å². The SMILES string of the molecule is CC(C)Oc1ccccc1[C@H]1CN([C@@H]2CCOc3c(F)cc(F)cc32)CCN1C1CC2(CCN(c3ccc(C(=O)NS(=O)(=O)c4ccc(NC[C@H]5CC[C@](C)(O)CC5)c([N+](=O)[O-])c4)c(N4c5cc6cc[nH]c6nc5O[C@H]5COCC[C@@H]54)c3)CC2)C1. The number of ether oxygens (including phenoxy) is 4. The number of carbonyl (C=O) groups excluding carboxylic acids is 1. The van der Waals surface area contributed by atoms with Gasteiger partial charge in [-0.3, -0.25) is 24.7 Å². The largest absolute Gasteiger partial charge is 0.491 e. The lowest BCUT2D eigenvalue weighted by Gasteiger charge is -2.59. The predicted molar refractivity (Wildman–Crippen MR) is 316 cm³/mol. The lowest BCUT2D eigenvalue weighted by atomic mass is 9.59. The van der Waals surface area contributed by atoms with E-state index in [2.05, 4.69) is 46.8 Å². The summed E-state index contributed by atoms with van der Waals surface area (Å²) in [6, 6.07) is 23.2. The number of nitro groups is 1. The Kier molecular flexibility index (Phi) is 15.2. The summed E-state index contributed by atoms with van der Waals surface area (Å²) in [5.41, 5.74) is 3.33. The van der Waals surface area contributed by atoms with E-state index in [1.807, 2.05) is 57.2 Å². The molecule has 2 aromatic heterocycles. The van der Waals surface area contributed by atoms with Crippen LogP contribution in [-0.4, -0.2) is 133 Å². The third-order valence-electron chi connectivity index (χ3n) is 19.1. The van der Waals surface area contributed by atoms with Crippen molar-refractivity contribution >= 4 is 55.4 Å². The van der Waals surface area contributed by atoms with Crippen molar-refractivity contribution in [2.45, 2.75) is 132 Å². The van der Waals surface area contributed by atoms with Crippen LogP contribution in [0.25, 0.3) is 11.0 Å². The number of para-hydroxylation sites is 1. The number of halogens is 2. The summed E-state index contributed by atoms with van der Waals surface area (Å²) < 4.78 is 85.5. The van der Waals surface area contributed by atoms with Gasteiger partial charge in [-0.1, -0.05) is 18.2 Å². The Morgan fingerprint density at radius 1 is 0.918 bits per heavy atom. The number of carbonyl (C=O) groups is 1. The highest BCUT2D eigenvalue weighted by molar-refractivity contribution is 7.90. The molecule has 4 atom stereocenters. The van der Waals surface area contributed by atoms with E-state index in [-0.39, 0.29) is 59.2 Å². The fourth-order valence-electron chi connectivity index (χ4n) is 14.6. The van der Waals surface area contributed by atoms with Crippen molar-refractivity contribution in [2.75, 3.05) is 74.2 Å². The van der Waals surface area contributed by atoms with Gasteiger partial charge in [0.15, 0.2) is 11.6 Å². The number of aliphatic hydroxyl groups is 1. The fraction of sp³-hybridized carbons (Fsp3) is 0.492. The van der Waals surface area contributed by atoms with E-state index in [1.54, 1.807) is 12.3 Å². The second-order valence-corrected chi connectivity index (χ2v) is 26.7. The maximum absolute atomic E-state index is 15.1. The average molecular weight is 1190 g/mol. The number of fused-ring (bicyclic) bond motifs is 4. The minimum atomic E-state index is -4.67. The molecule has 7 heterocycles. The van der Waals surface area contributed by atoms with Crippen LogP contribution in [0.2, 0.25) is 0 Å². The van der Waals surface area contributed by atoms with Crippen LogP contribution in [-0.2, 0) is 14.8 Å². The van der Waals surface area contributed by atoms with Gasteiger partial charge in [-0.2, -0.15) is 4.98 Å². The number of hydrogen-bond acceptors (Lipinski definition) is 16. The molecular formula is C63H73F2N9O10S. The van der Waals surface area contributed by atoms with Crippen LogP contribution in [0, 0.1) is 33.1 Å². The van der Waals surface area contributed by atoms with Crippen LogP contribution in [0.1, 0.15) is 119 Å². The number of aromatic amines is 1. The zero-order valence-corrected chi connectivity index (χ0v) is 48.9. The van der Waals surface area contributed by atoms with Crippen LogP contribution in [0.5, 0.6) is 17.4 Å². The summed E-state index contributed by atoms with van der Waals surface area (Å²) in [7, 11) is -4.67. The normalized spacial score (nSPS) is 25.3. The summed E-state index contributed by atoms with van der Waals surface area (Å²) in [5.74, 6) is -0.726. The first-order valence-electron chi connectivity index (χ1n) is 30.0. The molecule has 5 aliphatic heterocycles. The standard InChI is InChI=1S/C63H73F2N9O10S/c1-38(2)83-56-7-5-4-6-45(56)55-36-71(50-16-27-82-58-47(50)29-41(64)30-48(58)65)24-25-72(55)43-33-63(34-43)19-22-70(23-20-63)42-8-10-46(52(31-42)73-51-15-26-81-37-57(51)84-61-54(73)28-40-14-21-66-59(40)68-61)60(75)69-85(79,80)44-9-11-49(53(32-44)74(77)78)67-35-39-12-17-62(3,76)18-13-39/h4-11,14,21,28-32,38-39,43,50-51,55,57,67,76H,12-13,15-20,22-27,33-37H2,1-3H3,(H,66,68)(H,69,75)/t39-,50-,51+,55-,57+,62-/m1/s1. The minimum Gasteiger partial charge on any atom is -0.491 e. The van der Waals surface area contributed by atoms with E-state index in [0.29, 0.717) is 86.5 Å². The van der Waals surface area contributed by atoms with Crippen LogP contribution < -0.4 is 34.0 Å². The van der Waals surface area contributed by atoms with E-state index in [4.69, 9.17) is 23.9 Å². The molecule has 6 aromatic rings. The molecule has 7 aliphatic rings. The topological polar surface area (TPSA) is 217 Å². The smallest absolute Gasteiger partial charge is 0.293 e. The van der Waals surface area contributed by atoms with Crippen molar-refractivity contribution in [3.05, 3.63) is 130 Å². The maximum atomic E-state index is 15.1. The van der Waals surface area contributed by atoms with Gasteiger partial charge in [-0.25, -0.2) is 21.9 Å². The Labute approximate surface area is 493 Å². The van der Waals surface area contributed by atoms with Crippen molar-refractivity contribution < 1.29 is 51.0 Å². The third-order valence-corrected chi connectivity index (χ3v) is 20.4. The molecule has 4 aromatic carbocycles. The quantitative estimate of drug-likeness (QED) is 0.0589. The Hall–Kier alpha value is -7.11. The summed E-state index contributed by atoms with van der Waals surface area (Å²) in [6.07, 6.45) is 9.01. The number of rotatable bonds is 14. The Balaban J connectivity index is 0.763. The van der Waals surface area contributed by atoms with Crippen molar-refractivity contribution in [3.8, 4) is 17.4 Å². The number of anilines is 4. The van der Waals surface area contributed by atoms with Crippen LogP contribution in [0.15, 0.2) is 96.0 Å². The van der Waals surface area contributed by atoms with E-state index in [1.165, 1.54) is 18.2 Å². The number of sulfonamides is 1. The van der Waals surface area contributed by atoms with E-state index < -0.39 is 54.8 Å². The van der Waals surface area contributed by atoms with Gasteiger partial charge in [0.2, 0.25) is 5.88 Å². The lowest BCUT2D eigenvalue weighted by molar-refractivity contribution is -0.384. The number of nitrogens with one attached hydrogen (secondary N) is 3. The zero-order chi connectivity index (χ0) is 58.9. The molecule has 3 saturated heterocycles. The highest BCUT2D eigenvalue weighted by Gasteiger charge is 2.51. The van der Waals surface area contributed by atoms with E-state index in [0.717, 1.165) is 99.2 Å². The number of pyridine rings is 1. The van der Waals surface area contributed by atoms with Crippen molar-refractivity contribution in [1.82, 2.24) is 24.5 Å². The number of aromatic nitrogens is 2. The van der Waals surface area contributed by atoms with Gasteiger partial charge in [-0.05, 0) is 144 Å². The van der Waals surface area contributed by atoms with Gasteiger partial charge in [0, 0.05) is 105 Å². The van der Waals surface area contributed by atoms with E-state index in [9.17, 15) is 32.8 Å². The first-order valence-corrected chi connectivity index (χ1v) is 31.5. The molecule has 5 fully saturated rings. The summed E-state index contributed by atoms with van der Waals surface area (Å²) in [4.78, 5) is 43.7. The molecule has 1 amide bonds. The van der Waals surface area contributed by atoms with E-state index >= 15 is 4.39 Å². The van der Waals surface area contributed by atoms with Crippen LogP contribution in [0.3, 0.4) is 0 Å². The number of nitrogens with zero attached hydrogens (tertiary/aromatic N) is 6. The number of benzene rings is 4. The van der Waals surface area contributed by atoms with Crippen LogP contribution >= 0.6 is 0 Å². The highest BCUT2D eigenvalue weighted by atomic mass is 32.2. The number of hydrogen-bond donors (Lipinski definition) is 4. The average Bonchev–Trinajstić information content (AvgIpc) is 2.79. The highest BCUT2D eigenvalue weighted by Crippen LogP contribution is 2.55. The fourth-order valence-corrected chi connectivity index (χ4v) is 15.6. The third kappa shape index (κ3) is 11.2. The van der Waals surface area contributed by atoms with Gasteiger partial charge in [-0.15, -0.1) is 0 Å². The minimum absolute atomic E-state index is 0.0388. The number of H-pyrrole nitrogens is 1. The van der Waals surface area contributed by atoms with Gasteiger partial charge >= 0.3 is 0 Å². The van der Waals surface area contributed by atoms with Gasteiger partial charge < -0.3 is 44.2 Å². The maximum Gasteiger partial charge on any atom is 0.293 e. The van der Waals surface area contributed by atoms with Crippen molar-refractivity contribution in [2.24, 2.45) is 11.3 Å². The second kappa shape index (κ2) is 22.6. The first kappa shape index (κ1) is 57.0. The van der Waals surface area contributed by atoms with Crippen molar-refractivity contribution in [3.63, 3.8) is 0 Å². The summed E-state index contributed by atoms with van der Waals surface area (Å²) in [5, 5.41) is 26.9. The van der Waals surface area contributed by atoms with Gasteiger partial charge in [0.25, 0.3) is 21.6 Å². The molecule has 0 radical (unpaired) electrons. The summed E-state index contributed by atoms with van der Waals surface area (Å²) in [6.45, 7) is 10.9. The zero-order valence-electron chi connectivity index (χ0n) is 48.1. The number of nitro benzene ring substituents is 1. The molecule has 4 N–H and O–H groups in total. The Morgan fingerprint density at radius 3 is 2.51 bits per heavy atom. The lowest BCUT2D eigenvalue weighted by Crippen LogP contribution is -2.60. The molecular weight excluding hydrogens is 1110 g/mol. The number of amides is 1. The molecule has 85 heavy (non-hydrogen) atoms. The molecule has 13 rings (SSSR count). The molecule has 22 heteroatoms. The van der Waals surface area contributed by atoms with Gasteiger partial charge in [0.1, 0.15) is 34.7 Å². The second-order valence-electron chi connectivity index (χ2n) is 25.0. The number of piperazine rings is 1. The van der Waals surface area contributed by atoms with Crippen molar-refractivity contribution in [1.29, 1.82) is 0 Å². The summed E-state index contributed by atoms with van der Waals surface area (Å²) >= 11 is 0. The molecule has 1 spiro atoms. The molecule has 0 bridgehead atoms. The first-order chi connectivity index (χ1) is 40.9. The number of piperidine rings is 1. The molecule has 450 valence electrons. The monoisotopic (exact) mass is 1190 g/mol. The predicted octanol–water partition coefficient (Wildman–Crippen LogP) is 10.3.